The summed E-state index contributed by atoms with van der Waals surface area (Å²) in [4.78, 5) is 50.0. The van der Waals surface area contributed by atoms with Crippen LogP contribution in [0, 0.1) is 5.82 Å². The second-order valence-electron chi connectivity index (χ2n) is 9.26. The molecular formula is C26H24FN5O3S. The maximum atomic E-state index is 13.3. The van der Waals surface area contributed by atoms with Gasteiger partial charge in [-0.15, -0.1) is 11.3 Å². The lowest BCUT2D eigenvalue weighted by molar-refractivity contribution is -0.116. The quantitative estimate of drug-likeness (QED) is 0.545. The van der Waals surface area contributed by atoms with E-state index in [2.05, 4.69) is 9.88 Å². The van der Waals surface area contributed by atoms with Crippen LogP contribution in [0.1, 0.15) is 25.7 Å². The Hall–Kier alpha value is -3.63. The molecule has 3 amide bonds. The minimum Gasteiger partial charge on any atom is -0.335 e. The standard InChI is InChI=1S/C26H24FN5O3S/c27-19-2-4-20(5-3-19)32-22-6-1-17(13-18(22)14-23(32)33)25(34)31-15-21(16-31)29-8-10-30(11-9-29)26(35)24-28-7-12-36-24/h1-7,12-13,21H,8-11,14-16H2. The number of fused-ring (bicyclic) bond motifs is 1. The number of thiazole rings is 1. The Bertz CT molecular complexity index is 1320. The van der Waals surface area contributed by atoms with Crippen molar-refractivity contribution >= 4 is 40.4 Å². The van der Waals surface area contributed by atoms with Crippen LogP contribution in [-0.2, 0) is 11.2 Å². The fourth-order valence-corrected chi connectivity index (χ4v) is 5.72. The first-order valence-electron chi connectivity index (χ1n) is 11.9. The highest BCUT2D eigenvalue weighted by Crippen LogP contribution is 2.36. The van der Waals surface area contributed by atoms with E-state index in [0.29, 0.717) is 42.4 Å². The normalized spacial score (nSPS) is 18.4. The van der Waals surface area contributed by atoms with E-state index in [0.717, 1.165) is 24.3 Å². The molecule has 0 N–H and O–H groups in total. The summed E-state index contributed by atoms with van der Waals surface area (Å²) < 4.78 is 13.3. The van der Waals surface area contributed by atoms with Crippen LogP contribution in [0.15, 0.2) is 54.0 Å². The van der Waals surface area contributed by atoms with Gasteiger partial charge in [-0.1, -0.05) is 0 Å². The maximum Gasteiger partial charge on any atom is 0.282 e. The van der Waals surface area contributed by atoms with E-state index in [1.54, 1.807) is 41.4 Å². The Morgan fingerprint density at radius 2 is 1.69 bits per heavy atom. The number of piperazine rings is 1. The van der Waals surface area contributed by atoms with Gasteiger partial charge < -0.3 is 9.80 Å². The third-order valence-corrected chi connectivity index (χ3v) is 7.89. The molecule has 10 heteroatoms. The van der Waals surface area contributed by atoms with E-state index in [1.165, 1.54) is 23.5 Å². The van der Waals surface area contributed by atoms with Crippen molar-refractivity contribution in [2.24, 2.45) is 0 Å². The summed E-state index contributed by atoms with van der Waals surface area (Å²) in [5, 5.41) is 2.34. The van der Waals surface area contributed by atoms with E-state index in [4.69, 9.17) is 0 Å². The molecule has 3 aromatic rings. The van der Waals surface area contributed by atoms with Crippen molar-refractivity contribution in [1.29, 1.82) is 0 Å². The molecule has 0 unspecified atom stereocenters. The van der Waals surface area contributed by atoms with E-state index < -0.39 is 0 Å². The summed E-state index contributed by atoms with van der Waals surface area (Å²) in [5.41, 5.74) is 2.71. The molecule has 2 aromatic carbocycles. The van der Waals surface area contributed by atoms with Gasteiger partial charge >= 0.3 is 0 Å². The summed E-state index contributed by atoms with van der Waals surface area (Å²) in [6.45, 7) is 4.18. The summed E-state index contributed by atoms with van der Waals surface area (Å²) >= 11 is 1.36. The third-order valence-electron chi connectivity index (χ3n) is 7.13. The molecular weight excluding hydrogens is 481 g/mol. The number of amides is 3. The van der Waals surface area contributed by atoms with Crippen LogP contribution in [0.3, 0.4) is 0 Å². The topological polar surface area (TPSA) is 77.1 Å². The monoisotopic (exact) mass is 505 g/mol. The fourth-order valence-electron chi connectivity index (χ4n) is 5.12. The third kappa shape index (κ3) is 4.06. The van der Waals surface area contributed by atoms with Crippen molar-refractivity contribution < 1.29 is 18.8 Å². The molecule has 36 heavy (non-hydrogen) atoms. The molecule has 2 saturated heterocycles. The summed E-state index contributed by atoms with van der Waals surface area (Å²) in [6.07, 6.45) is 1.86. The number of halogens is 1. The molecule has 0 atom stereocenters. The van der Waals surface area contributed by atoms with E-state index in [9.17, 15) is 18.8 Å². The minimum absolute atomic E-state index is 0.0110. The molecule has 8 nitrogen and oxygen atoms in total. The zero-order valence-electron chi connectivity index (χ0n) is 19.5. The highest BCUT2D eigenvalue weighted by molar-refractivity contribution is 7.11. The highest BCUT2D eigenvalue weighted by Gasteiger charge is 2.38. The van der Waals surface area contributed by atoms with Crippen LogP contribution in [0.5, 0.6) is 0 Å². The van der Waals surface area contributed by atoms with Crippen molar-refractivity contribution in [3.63, 3.8) is 0 Å². The number of anilines is 2. The van der Waals surface area contributed by atoms with Crippen LogP contribution >= 0.6 is 11.3 Å². The average molecular weight is 506 g/mol. The van der Waals surface area contributed by atoms with Gasteiger partial charge in [-0.05, 0) is 48.0 Å². The molecule has 6 rings (SSSR count). The first-order chi connectivity index (χ1) is 17.5. The molecule has 0 spiro atoms. The second-order valence-corrected chi connectivity index (χ2v) is 10.1. The lowest BCUT2D eigenvalue weighted by atomic mass is 10.0. The number of rotatable bonds is 4. The Labute approximate surface area is 211 Å². The van der Waals surface area contributed by atoms with Gasteiger partial charge in [-0.25, -0.2) is 9.37 Å². The SMILES string of the molecule is O=C(c1ccc2c(c1)CC(=O)N2c1ccc(F)cc1)N1CC(N2CCN(C(=O)c3nccs3)CC2)C1. The van der Waals surface area contributed by atoms with Crippen molar-refractivity contribution in [1.82, 2.24) is 19.7 Å². The van der Waals surface area contributed by atoms with Crippen LogP contribution in [0.2, 0.25) is 0 Å². The van der Waals surface area contributed by atoms with Crippen LogP contribution in [0.4, 0.5) is 15.8 Å². The predicted molar refractivity (Wildman–Crippen MR) is 133 cm³/mol. The van der Waals surface area contributed by atoms with Gasteiger partial charge in [-0.2, -0.15) is 0 Å². The first-order valence-corrected chi connectivity index (χ1v) is 12.8. The zero-order valence-corrected chi connectivity index (χ0v) is 20.3. The van der Waals surface area contributed by atoms with Crippen molar-refractivity contribution in [2.75, 3.05) is 44.2 Å². The lowest BCUT2D eigenvalue weighted by Crippen LogP contribution is -2.64. The molecule has 4 heterocycles. The van der Waals surface area contributed by atoms with Crippen molar-refractivity contribution in [3.05, 3.63) is 76.0 Å². The van der Waals surface area contributed by atoms with Gasteiger partial charge in [0.2, 0.25) is 5.91 Å². The van der Waals surface area contributed by atoms with E-state index in [-0.39, 0.29) is 36.0 Å². The zero-order chi connectivity index (χ0) is 24.8. The smallest absolute Gasteiger partial charge is 0.282 e. The molecule has 1 aromatic heterocycles. The van der Waals surface area contributed by atoms with Gasteiger partial charge in [0.05, 0.1) is 12.1 Å². The Morgan fingerprint density at radius 1 is 0.944 bits per heavy atom. The highest BCUT2D eigenvalue weighted by atomic mass is 32.1. The Morgan fingerprint density at radius 3 is 2.39 bits per heavy atom. The molecule has 0 radical (unpaired) electrons. The number of carbonyl (C=O) groups is 3. The van der Waals surface area contributed by atoms with Crippen LogP contribution < -0.4 is 4.90 Å². The molecule has 3 aliphatic heterocycles. The number of nitrogens with zero attached hydrogens (tertiary/aromatic N) is 5. The average Bonchev–Trinajstić information content (AvgIpc) is 3.51. The number of benzene rings is 2. The number of hydrogen-bond donors (Lipinski definition) is 0. The van der Waals surface area contributed by atoms with Crippen molar-refractivity contribution in [2.45, 2.75) is 12.5 Å². The van der Waals surface area contributed by atoms with Crippen LogP contribution in [-0.4, -0.2) is 82.7 Å². The van der Waals surface area contributed by atoms with E-state index >= 15 is 0 Å². The molecule has 2 fully saturated rings. The first kappa shape index (κ1) is 22.8. The summed E-state index contributed by atoms with van der Waals surface area (Å²) in [6, 6.07) is 11.5. The molecule has 0 aliphatic carbocycles. The van der Waals surface area contributed by atoms with Crippen LogP contribution in [0.25, 0.3) is 0 Å². The Kier molecular flexibility index (Phi) is 5.77. The fraction of sp³-hybridized carbons (Fsp3) is 0.308. The number of carbonyl (C=O) groups excluding carboxylic acids is 3. The van der Waals surface area contributed by atoms with Gasteiger partial charge in [0.25, 0.3) is 11.8 Å². The maximum absolute atomic E-state index is 13.3. The molecule has 3 aliphatic rings. The number of aromatic nitrogens is 1. The molecule has 184 valence electrons. The molecule has 0 bridgehead atoms. The lowest BCUT2D eigenvalue weighted by Gasteiger charge is -2.48. The summed E-state index contributed by atoms with van der Waals surface area (Å²) in [5.74, 6) is -0.509. The van der Waals surface area contributed by atoms with Gasteiger partial charge in [0, 0.05) is 68.1 Å². The van der Waals surface area contributed by atoms with E-state index in [1.807, 2.05) is 15.2 Å². The van der Waals surface area contributed by atoms with Crippen molar-refractivity contribution in [3.8, 4) is 0 Å². The number of hydrogen-bond acceptors (Lipinski definition) is 6. The van der Waals surface area contributed by atoms with Gasteiger partial charge in [-0.3, -0.25) is 24.2 Å². The summed E-state index contributed by atoms with van der Waals surface area (Å²) in [7, 11) is 0. The minimum atomic E-state index is -0.356. The molecule has 0 saturated carbocycles. The van der Waals surface area contributed by atoms with Gasteiger partial charge in [0.15, 0.2) is 5.01 Å². The van der Waals surface area contributed by atoms with Gasteiger partial charge in [0.1, 0.15) is 5.82 Å². The number of likely N-dealkylation sites (tertiary alicyclic amines) is 1. The Balaban J connectivity index is 1.06. The second kappa shape index (κ2) is 9.11. The predicted octanol–water partition coefficient (Wildman–Crippen LogP) is 2.79. The largest absolute Gasteiger partial charge is 0.335 e.